The minimum absolute atomic E-state index is 0.0254. The van der Waals surface area contributed by atoms with E-state index in [1.165, 1.54) is 15.0 Å². The topological polar surface area (TPSA) is 120 Å². The molecule has 37 heavy (non-hydrogen) atoms. The molecule has 0 saturated heterocycles. The Labute approximate surface area is 213 Å². The molecule has 0 bridgehead atoms. The third kappa shape index (κ3) is 5.04. The van der Waals surface area contributed by atoms with Gasteiger partial charge < -0.3 is 10.6 Å². The largest absolute Gasteiger partial charge is 0.352 e. The van der Waals surface area contributed by atoms with E-state index in [4.69, 9.17) is 0 Å². The van der Waals surface area contributed by atoms with Gasteiger partial charge in [-0.2, -0.15) is 0 Å². The van der Waals surface area contributed by atoms with E-state index in [1.807, 2.05) is 52.0 Å². The Balaban J connectivity index is 1.81. The summed E-state index contributed by atoms with van der Waals surface area (Å²) in [6.07, 6.45) is 2.15. The number of amides is 2. The number of carbonyl (C=O) groups is 2. The quantitative estimate of drug-likeness (QED) is 0.363. The molecule has 2 aromatic carbocycles. The van der Waals surface area contributed by atoms with Crippen molar-refractivity contribution in [2.24, 2.45) is 0 Å². The molecule has 0 aliphatic heterocycles. The maximum atomic E-state index is 13.5. The first-order valence-electron chi connectivity index (χ1n) is 12.6. The van der Waals surface area contributed by atoms with Crippen molar-refractivity contribution in [1.82, 2.24) is 24.1 Å². The molecule has 1 atom stereocenters. The Morgan fingerprint density at radius 3 is 2.51 bits per heavy atom. The summed E-state index contributed by atoms with van der Waals surface area (Å²) in [7, 11) is 0. The molecule has 4 aromatic rings. The molecule has 0 aliphatic rings. The summed E-state index contributed by atoms with van der Waals surface area (Å²) in [5.74, 6) is -0.573. The number of nitrogens with zero attached hydrogens (tertiary/aromatic N) is 4. The minimum Gasteiger partial charge on any atom is -0.350 e. The van der Waals surface area contributed by atoms with Gasteiger partial charge in [0.2, 0.25) is 11.7 Å². The lowest BCUT2D eigenvalue weighted by Crippen LogP contribution is -2.32. The number of hydrogen-bond donors (Lipinski definition) is 2. The zero-order chi connectivity index (χ0) is 26.7. The number of aryl methyl sites for hydroxylation is 2. The van der Waals surface area contributed by atoms with Gasteiger partial charge in [0, 0.05) is 23.8 Å². The maximum absolute atomic E-state index is 13.5. The fourth-order valence-corrected chi connectivity index (χ4v) is 4.27. The summed E-state index contributed by atoms with van der Waals surface area (Å²) in [4.78, 5) is 52.4. The van der Waals surface area contributed by atoms with E-state index >= 15 is 0 Å². The van der Waals surface area contributed by atoms with Crippen molar-refractivity contribution in [2.45, 2.75) is 66.1 Å². The van der Waals surface area contributed by atoms with E-state index in [0.717, 1.165) is 23.1 Å². The number of aromatic nitrogens is 4. The van der Waals surface area contributed by atoms with Crippen molar-refractivity contribution in [1.29, 1.82) is 0 Å². The monoisotopic (exact) mass is 504 g/mol. The van der Waals surface area contributed by atoms with E-state index in [1.54, 1.807) is 12.1 Å². The highest BCUT2D eigenvalue weighted by atomic mass is 16.2. The van der Waals surface area contributed by atoms with Crippen molar-refractivity contribution in [3.05, 3.63) is 74.4 Å². The van der Waals surface area contributed by atoms with Crippen LogP contribution in [0.25, 0.3) is 16.7 Å². The molecule has 10 nitrogen and oxygen atoms in total. The standard InChI is InChI=1S/C27H32N6O4/c1-5-14-31-25(36)20-13-12-19(24(35)28-17(4)6-2)15-22(20)33-26(31)30-32(27(33)37)16-23(34)29-21-11-9-8-10-18(21)7-3/h8-13,15,17H,5-7,14,16H2,1-4H3,(H,28,35)(H,29,34). The molecule has 2 aromatic heterocycles. The molecule has 0 aliphatic carbocycles. The average Bonchev–Trinajstić information content (AvgIpc) is 3.21. The lowest BCUT2D eigenvalue weighted by Gasteiger charge is -2.13. The molecule has 194 valence electrons. The van der Waals surface area contributed by atoms with Crippen molar-refractivity contribution in [3.63, 3.8) is 0 Å². The first-order chi connectivity index (χ1) is 17.8. The molecule has 10 heteroatoms. The Morgan fingerprint density at radius 1 is 1.05 bits per heavy atom. The molecule has 2 N–H and O–H groups in total. The molecule has 0 spiro atoms. The molecular formula is C27H32N6O4. The predicted octanol–water partition coefficient (Wildman–Crippen LogP) is 2.95. The molecular weight excluding hydrogens is 472 g/mol. The number of anilines is 1. The summed E-state index contributed by atoms with van der Waals surface area (Å²) in [5.41, 5.74) is 1.38. The van der Waals surface area contributed by atoms with Gasteiger partial charge in [-0.1, -0.05) is 39.0 Å². The smallest absolute Gasteiger partial charge is 0.350 e. The first-order valence-corrected chi connectivity index (χ1v) is 12.6. The lowest BCUT2D eigenvalue weighted by molar-refractivity contribution is -0.117. The van der Waals surface area contributed by atoms with E-state index < -0.39 is 11.6 Å². The van der Waals surface area contributed by atoms with Crippen LogP contribution in [0.15, 0.2) is 52.1 Å². The van der Waals surface area contributed by atoms with Crippen LogP contribution in [0.4, 0.5) is 5.69 Å². The third-order valence-electron chi connectivity index (χ3n) is 6.44. The summed E-state index contributed by atoms with van der Waals surface area (Å²) in [6, 6.07) is 12.1. The molecule has 0 fully saturated rings. The van der Waals surface area contributed by atoms with Crippen LogP contribution < -0.4 is 21.9 Å². The Kier molecular flexibility index (Phi) is 7.56. The van der Waals surface area contributed by atoms with E-state index in [0.29, 0.717) is 29.6 Å². The summed E-state index contributed by atoms with van der Waals surface area (Å²) in [6.45, 7) is 7.81. The summed E-state index contributed by atoms with van der Waals surface area (Å²) >= 11 is 0. The first kappa shape index (κ1) is 25.9. The van der Waals surface area contributed by atoms with Gasteiger partial charge in [-0.15, -0.1) is 5.10 Å². The lowest BCUT2D eigenvalue weighted by atomic mass is 10.1. The number of benzene rings is 2. The fraction of sp³-hybridized carbons (Fsp3) is 0.370. The van der Waals surface area contributed by atoms with Crippen molar-refractivity contribution in [3.8, 4) is 0 Å². The van der Waals surface area contributed by atoms with Gasteiger partial charge in [0.1, 0.15) is 6.54 Å². The second kappa shape index (κ2) is 10.8. The SMILES string of the molecule is CCCn1c(=O)c2ccc(C(=O)NC(C)CC)cc2n2c(=O)n(CC(=O)Nc3ccccc3CC)nc12. The molecule has 1 unspecified atom stereocenters. The second-order valence-electron chi connectivity index (χ2n) is 9.11. The van der Waals surface area contributed by atoms with Crippen LogP contribution >= 0.6 is 0 Å². The average molecular weight is 505 g/mol. The van der Waals surface area contributed by atoms with Gasteiger partial charge in [0.15, 0.2) is 0 Å². The van der Waals surface area contributed by atoms with Gasteiger partial charge in [0.25, 0.3) is 11.5 Å². The summed E-state index contributed by atoms with van der Waals surface area (Å²) in [5, 5.41) is 10.4. The Bertz CT molecular complexity index is 1600. The van der Waals surface area contributed by atoms with Crippen LogP contribution in [0.1, 0.15) is 56.5 Å². The van der Waals surface area contributed by atoms with Crippen LogP contribution in [0.5, 0.6) is 0 Å². The van der Waals surface area contributed by atoms with Gasteiger partial charge >= 0.3 is 5.69 Å². The van der Waals surface area contributed by atoms with E-state index in [2.05, 4.69) is 15.7 Å². The van der Waals surface area contributed by atoms with Crippen LogP contribution in [-0.4, -0.2) is 36.6 Å². The van der Waals surface area contributed by atoms with Crippen molar-refractivity contribution < 1.29 is 9.59 Å². The molecule has 2 amide bonds. The molecule has 0 saturated carbocycles. The van der Waals surface area contributed by atoms with E-state index in [9.17, 15) is 19.2 Å². The van der Waals surface area contributed by atoms with Crippen LogP contribution in [0.2, 0.25) is 0 Å². The normalized spacial score (nSPS) is 12.1. The number of carbonyl (C=O) groups excluding carboxylic acids is 2. The maximum Gasteiger partial charge on any atom is 0.352 e. The van der Waals surface area contributed by atoms with Gasteiger partial charge in [-0.25, -0.2) is 13.9 Å². The molecule has 0 radical (unpaired) electrons. The van der Waals surface area contributed by atoms with E-state index in [-0.39, 0.29) is 35.3 Å². The fourth-order valence-electron chi connectivity index (χ4n) is 4.27. The van der Waals surface area contributed by atoms with Crippen LogP contribution in [0, 0.1) is 0 Å². The predicted molar refractivity (Wildman–Crippen MR) is 143 cm³/mol. The zero-order valence-electron chi connectivity index (χ0n) is 21.6. The Morgan fingerprint density at radius 2 is 1.81 bits per heavy atom. The van der Waals surface area contributed by atoms with Gasteiger partial charge in [0.05, 0.1) is 10.9 Å². The number of rotatable bonds is 9. The van der Waals surface area contributed by atoms with Gasteiger partial charge in [-0.3, -0.25) is 19.0 Å². The highest BCUT2D eigenvalue weighted by molar-refractivity contribution is 5.98. The number of fused-ring (bicyclic) bond motifs is 3. The number of hydrogen-bond acceptors (Lipinski definition) is 5. The molecule has 2 heterocycles. The number of nitrogens with one attached hydrogen (secondary N) is 2. The van der Waals surface area contributed by atoms with Crippen LogP contribution in [-0.2, 0) is 24.3 Å². The molecule has 4 rings (SSSR count). The number of para-hydroxylation sites is 1. The highest BCUT2D eigenvalue weighted by Gasteiger charge is 2.20. The Hall–Kier alpha value is -4.21. The van der Waals surface area contributed by atoms with Crippen LogP contribution in [0.3, 0.4) is 0 Å². The van der Waals surface area contributed by atoms with Crippen molar-refractivity contribution in [2.75, 3.05) is 5.32 Å². The zero-order valence-corrected chi connectivity index (χ0v) is 21.6. The summed E-state index contributed by atoms with van der Waals surface area (Å²) < 4.78 is 3.79. The second-order valence-corrected chi connectivity index (χ2v) is 9.11. The third-order valence-corrected chi connectivity index (χ3v) is 6.44. The van der Waals surface area contributed by atoms with Crippen molar-refractivity contribution >= 4 is 34.2 Å². The van der Waals surface area contributed by atoms with Gasteiger partial charge in [-0.05, 0) is 56.0 Å². The minimum atomic E-state index is -0.566. The highest BCUT2D eigenvalue weighted by Crippen LogP contribution is 2.17.